The van der Waals surface area contributed by atoms with Gasteiger partial charge < -0.3 is 16.0 Å². The molecule has 3 amide bonds. The first kappa shape index (κ1) is 20.9. The zero-order valence-electron chi connectivity index (χ0n) is 15.7. The van der Waals surface area contributed by atoms with E-state index in [1.165, 1.54) is 23.9 Å². The number of nitrogens with zero attached hydrogens (tertiary/aromatic N) is 1. The summed E-state index contributed by atoms with van der Waals surface area (Å²) in [5.41, 5.74) is 1.75. The van der Waals surface area contributed by atoms with E-state index in [1.807, 2.05) is 18.2 Å². The predicted octanol–water partition coefficient (Wildman–Crippen LogP) is 4.97. The highest BCUT2D eigenvalue weighted by molar-refractivity contribution is 8.00. The normalized spacial score (nSPS) is 10.1. The smallest absolute Gasteiger partial charge is 0.323 e. The van der Waals surface area contributed by atoms with Gasteiger partial charge in [0.15, 0.2) is 0 Å². The SMILES string of the molecule is O=C(CSc1ccc([N+](=O)[O-])cc1)Nc1cccc(NC(=O)Nc2ccccc2)c1. The van der Waals surface area contributed by atoms with Crippen molar-refractivity contribution in [2.45, 2.75) is 4.90 Å². The van der Waals surface area contributed by atoms with Crippen LogP contribution in [0.25, 0.3) is 0 Å². The minimum atomic E-state index is -0.470. The van der Waals surface area contributed by atoms with Crippen LogP contribution in [0, 0.1) is 10.1 Å². The fraction of sp³-hybridized carbons (Fsp3) is 0.0476. The minimum Gasteiger partial charge on any atom is -0.325 e. The summed E-state index contributed by atoms with van der Waals surface area (Å²) in [7, 11) is 0. The monoisotopic (exact) mass is 422 g/mol. The van der Waals surface area contributed by atoms with Crippen molar-refractivity contribution in [1.82, 2.24) is 0 Å². The maximum absolute atomic E-state index is 12.2. The summed E-state index contributed by atoms with van der Waals surface area (Å²) in [6, 6.07) is 21.5. The third-order valence-corrected chi connectivity index (χ3v) is 4.87. The van der Waals surface area contributed by atoms with Gasteiger partial charge in [-0.15, -0.1) is 11.8 Å². The Balaban J connectivity index is 1.50. The molecule has 9 heteroatoms. The third-order valence-electron chi connectivity index (χ3n) is 3.85. The maximum Gasteiger partial charge on any atom is 0.323 e. The fourth-order valence-electron chi connectivity index (χ4n) is 2.50. The molecule has 152 valence electrons. The number of nitrogens with one attached hydrogen (secondary N) is 3. The van der Waals surface area contributed by atoms with Crippen LogP contribution in [0.5, 0.6) is 0 Å². The number of para-hydroxylation sites is 1. The zero-order chi connectivity index (χ0) is 21.3. The highest BCUT2D eigenvalue weighted by Crippen LogP contribution is 2.22. The molecule has 3 aromatic rings. The number of rotatable bonds is 7. The van der Waals surface area contributed by atoms with Gasteiger partial charge in [-0.05, 0) is 42.5 Å². The van der Waals surface area contributed by atoms with Crippen molar-refractivity contribution in [2.75, 3.05) is 21.7 Å². The van der Waals surface area contributed by atoms with Gasteiger partial charge in [0.1, 0.15) is 0 Å². The standard InChI is InChI=1S/C21H18N4O4S/c26-20(14-30-19-11-9-18(10-12-19)25(28)29)22-16-7-4-8-17(13-16)24-21(27)23-15-5-2-1-3-6-15/h1-13H,14H2,(H,22,26)(H2,23,24,27). The quantitative estimate of drug-likeness (QED) is 0.283. The summed E-state index contributed by atoms with van der Waals surface area (Å²) in [4.78, 5) is 35.2. The van der Waals surface area contributed by atoms with E-state index in [-0.39, 0.29) is 17.3 Å². The molecule has 8 nitrogen and oxygen atoms in total. The molecule has 3 N–H and O–H groups in total. The van der Waals surface area contributed by atoms with Crippen LogP contribution < -0.4 is 16.0 Å². The molecule has 30 heavy (non-hydrogen) atoms. The first-order valence-corrected chi connectivity index (χ1v) is 9.88. The lowest BCUT2D eigenvalue weighted by atomic mass is 10.2. The van der Waals surface area contributed by atoms with E-state index in [0.29, 0.717) is 17.1 Å². The van der Waals surface area contributed by atoms with Gasteiger partial charge in [0.2, 0.25) is 5.91 Å². The predicted molar refractivity (Wildman–Crippen MR) is 118 cm³/mol. The summed E-state index contributed by atoms with van der Waals surface area (Å²) in [6.07, 6.45) is 0. The number of carbonyl (C=O) groups is 2. The lowest BCUT2D eigenvalue weighted by Crippen LogP contribution is -2.19. The maximum atomic E-state index is 12.2. The Morgan fingerprint density at radius 3 is 2.07 bits per heavy atom. The second-order valence-corrected chi connectivity index (χ2v) is 7.16. The molecule has 3 rings (SSSR count). The second kappa shape index (κ2) is 10.1. The van der Waals surface area contributed by atoms with Crippen LogP contribution in [0.1, 0.15) is 0 Å². The topological polar surface area (TPSA) is 113 Å². The first-order valence-electron chi connectivity index (χ1n) is 8.90. The lowest BCUT2D eigenvalue weighted by molar-refractivity contribution is -0.384. The molecule has 0 aliphatic rings. The molecular weight excluding hydrogens is 404 g/mol. The number of carbonyl (C=O) groups excluding carboxylic acids is 2. The number of hydrogen-bond acceptors (Lipinski definition) is 5. The largest absolute Gasteiger partial charge is 0.325 e. The average molecular weight is 422 g/mol. The van der Waals surface area contributed by atoms with E-state index in [2.05, 4.69) is 16.0 Å². The van der Waals surface area contributed by atoms with Crippen LogP contribution in [-0.2, 0) is 4.79 Å². The van der Waals surface area contributed by atoms with Crippen LogP contribution in [-0.4, -0.2) is 22.6 Å². The Morgan fingerprint density at radius 1 is 0.800 bits per heavy atom. The fourth-order valence-corrected chi connectivity index (χ4v) is 3.20. The highest BCUT2D eigenvalue weighted by atomic mass is 32.2. The molecule has 0 fully saturated rings. The summed E-state index contributed by atoms with van der Waals surface area (Å²) in [5, 5.41) is 18.9. The molecule has 0 bridgehead atoms. The number of nitro groups is 1. The molecule has 0 radical (unpaired) electrons. The molecule has 0 aliphatic heterocycles. The molecule has 0 saturated heterocycles. The summed E-state index contributed by atoms with van der Waals surface area (Å²) in [6.45, 7) is 0. The number of hydrogen-bond donors (Lipinski definition) is 3. The van der Waals surface area contributed by atoms with Crippen LogP contribution >= 0.6 is 11.8 Å². The van der Waals surface area contributed by atoms with Crippen LogP contribution in [0.3, 0.4) is 0 Å². The van der Waals surface area contributed by atoms with Gasteiger partial charge in [-0.25, -0.2) is 4.79 Å². The van der Waals surface area contributed by atoms with E-state index in [1.54, 1.807) is 48.5 Å². The van der Waals surface area contributed by atoms with Crippen molar-refractivity contribution >= 4 is 46.4 Å². The van der Waals surface area contributed by atoms with E-state index in [0.717, 1.165) is 4.90 Å². The number of nitro benzene ring substituents is 1. The molecule has 3 aromatic carbocycles. The molecule has 0 atom stereocenters. The van der Waals surface area contributed by atoms with Crippen molar-refractivity contribution < 1.29 is 14.5 Å². The van der Waals surface area contributed by atoms with E-state index in [4.69, 9.17) is 0 Å². The van der Waals surface area contributed by atoms with Crippen molar-refractivity contribution in [1.29, 1.82) is 0 Å². The summed E-state index contributed by atoms with van der Waals surface area (Å²) < 4.78 is 0. The zero-order valence-corrected chi connectivity index (χ0v) is 16.5. The molecular formula is C21H18N4O4S. The lowest BCUT2D eigenvalue weighted by Gasteiger charge is -2.10. The number of anilines is 3. The number of non-ortho nitro benzene ring substituents is 1. The van der Waals surface area contributed by atoms with E-state index in [9.17, 15) is 19.7 Å². The third kappa shape index (κ3) is 6.35. The van der Waals surface area contributed by atoms with E-state index >= 15 is 0 Å². The van der Waals surface area contributed by atoms with Crippen molar-refractivity contribution in [2.24, 2.45) is 0 Å². The molecule has 0 unspecified atom stereocenters. The van der Waals surface area contributed by atoms with Crippen LogP contribution in [0.2, 0.25) is 0 Å². The molecule has 0 heterocycles. The van der Waals surface area contributed by atoms with Gasteiger partial charge in [0.25, 0.3) is 5.69 Å². The number of amides is 3. The Labute approximate surface area is 176 Å². The van der Waals surface area contributed by atoms with Crippen molar-refractivity contribution in [3.8, 4) is 0 Å². The molecule has 0 aliphatic carbocycles. The Bertz CT molecular complexity index is 1040. The van der Waals surface area contributed by atoms with Gasteiger partial charge in [-0.2, -0.15) is 0 Å². The van der Waals surface area contributed by atoms with Gasteiger partial charge >= 0.3 is 6.03 Å². The van der Waals surface area contributed by atoms with Gasteiger partial charge in [-0.1, -0.05) is 24.3 Å². The number of urea groups is 1. The Kier molecular flexibility index (Phi) is 7.01. The van der Waals surface area contributed by atoms with Gasteiger partial charge in [-0.3, -0.25) is 14.9 Å². The van der Waals surface area contributed by atoms with Crippen molar-refractivity contribution in [3.05, 3.63) is 89.0 Å². The average Bonchev–Trinajstić information content (AvgIpc) is 2.73. The summed E-state index contributed by atoms with van der Waals surface area (Å²) >= 11 is 1.27. The van der Waals surface area contributed by atoms with Crippen LogP contribution in [0.4, 0.5) is 27.5 Å². The first-order chi connectivity index (χ1) is 14.5. The second-order valence-electron chi connectivity index (χ2n) is 6.11. The summed E-state index contributed by atoms with van der Waals surface area (Å²) in [5.74, 6) is -0.0894. The van der Waals surface area contributed by atoms with Crippen molar-refractivity contribution in [3.63, 3.8) is 0 Å². The van der Waals surface area contributed by atoms with E-state index < -0.39 is 11.0 Å². The molecule has 0 aromatic heterocycles. The highest BCUT2D eigenvalue weighted by Gasteiger charge is 2.08. The Hall–Kier alpha value is -3.85. The Morgan fingerprint density at radius 2 is 1.40 bits per heavy atom. The minimum absolute atomic E-state index is 0.00409. The molecule has 0 spiro atoms. The molecule has 0 saturated carbocycles. The number of benzene rings is 3. The van der Waals surface area contributed by atoms with Crippen LogP contribution in [0.15, 0.2) is 83.8 Å². The van der Waals surface area contributed by atoms with Gasteiger partial charge in [0, 0.05) is 34.1 Å². The number of thioether (sulfide) groups is 1. The van der Waals surface area contributed by atoms with Gasteiger partial charge in [0.05, 0.1) is 10.7 Å².